The van der Waals surface area contributed by atoms with Crippen LogP contribution in [0.5, 0.6) is 0 Å². The maximum atomic E-state index is 13.1. The van der Waals surface area contributed by atoms with Crippen LogP contribution in [-0.4, -0.2) is 49.9 Å². The first kappa shape index (κ1) is 16.1. The zero-order valence-corrected chi connectivity index (χ0v) is 14.7. The number of anilines is 1. The van der Waals surface area contributed by atoms with Gasteiger partial charge in [0.1, 0.15) is 10.7 Å². The molecule has 0 atom stereocenters. The Morgan fingerprint density at radius 3 is 2.40 bits per heavy atom. The zero-order chi connectivity index (χ0) is 17.6. The number of halogens is 1. The zero-order valence-electron chi connectivity index (χ0n) is 14.0. The molecule has 2 aliphatic rings. The average Bonchev–Trinajstić information content (AvgIpc) is 2.85. The maximum absolute atomic E-state index is 13.1. The molecule has 1 N–H and O–H groups in total. The van der Waals surface area contributed by atoms with Crippen molar-refractivity contribution in [3.05, 3.63) is 53.2 Å². The Labute approximate surface area is 151 Å². The van der Waals surface area contributed by atoms with Crippen LogP contribution in [0.4, 0.5) is 5.69 Å². The quantitative estimate of drug-likeness (QED) is 0.816. The van der Waals surface area contributed by atoms with Gasteiger partial charge < -0.3 is 9.80 Å². The predicted octanol–water partition coefficient (Wildman–Crippen LogP) is 0.994. The summed E-state index contributed by atoms with van der Waals surface area (Å²) in [6, 6.07) is 13.3. The van der Waals surface area contributed by atoms with Gasteiger partial charge in [0.2, 0.25) is 0 Å². The molecule has 5 nitrogen and oxygen atoms in total. The van der Waals surface area contributed by atoms with E-state index in [4.69, 9.17) is 11.6 Å². The molecule has 4 rings (SSSR count). The molecule has 2 heterocycles. The Morgan fingerprint density at radius 2 is 1.64 bits per heavy atom. The SMILES string of the molecule is C[NH+]1CCN(C2=C(Cl)C(=O)N(c3cccc4ccccc34)C2=O)CC1. The number of quaternary nitrogens is 1. The van der Waals surface area contributed by atoms with Crippen LogP contribution in [0.3, 0.4) is 0 Å². The molecule has 0 unspecified atom stereocenters. The highest BCUT2D eigenvalue weighted by Crippen LogP contribution is 2.35. The summed E-state index contributed by atoms with van der Waals surface area (Å²) in [5.41, 5.74) is 0.924. The number of rotatable bonds is 2. The number of amides is 2. The van der Waals surface area contributed by atoms with Crippen LogP contribution < -0.4 is 9.80 Å². The lowest BCUT2D eigenvalue weighted by molar-refractivity contribution is -0.883. The molecule has 0 radical (unpaired) electrons. The number of hydrogen-bond donors (Lipinski definition) is 1. The van der Waals surface area contributed by atoms with E-state index in [0.717, 1.165) is 37.0 Å². The predicted molar refractivity (Wildman–Crippen MR) is 97.5 cm³/mol. The van der Waals surface area contributed by atoms with E-state index >= 15 is 0 Å². The van der Waals surface area contributed by atoms with E-state index in [1.807, 2.05) is 41.3 Å². The summed E-state index contributed by atoms with van der Waals surface area (Å²) in [6.45, 7) is 3.28. The van der Waals surface area contributed by atoms with Gasteiger partial charge in [-0.1, -0.05) is 48.0 Å². The Morgan fingerprint density at radius 1 is 0.960 bits per heavy atom. The third kappa shape index (κ3) is 2.60. The number of imide groups is 1. The molecule has 25 heavy (non-hydrogen) atoms. The minimum absolute atomic E-state index is 0.0255. The molecule has 1 saturated heterocycles. The number of carbonyl (C=O) groups excluding carboxylic acids is 2. The van der Waals surface area contributed by atoms with Crippen LogP contribution in [0.2, 0.25) is 0 Å². The molecule has 0 aromatic heterocycles. The Hall–Kier alpha value is -2.37. The lowest BCUT2D eigenvalue weighted by Gasteiger charge is -2.32. The second-order valence-corrected chi connectivity index (χ2v) is 6.93. The summed E-state index contributed by atoms with van der Waals surface area (Å²) < 4.78 is 0. The molecule has 128 valence electrons. The van der Waals surface area contributed by atoms with Crippen molar-refractivity contribution in [2.24, 2.45) is 0 Å². The van der Waals surface area contributed by atoms with E-state index in [-0.39, 0.29) is 10.9 Å². The fraction of sp³-hybridized carbons (Fsp3) is 0.263. The normalized spacial score (nSPS) is 19.4. The number of carbonyl (C=O) groups is 2. The van der Waals surface area contributed by atoms with Crippen LogP contribution in [-0.2, 0) is 9.59 Å². The lowest BCUT2D eigenvalue weighted by Crippen LogP contribution is -3.11. The number of benzene rings is 2. The Balaban J connectivity index is 1.74. The van der Waals surface area contributed by atoms with E-state index in [1.54, 1.807) is 6.07 Å². The Kier molecular flexibility index (Phi) is 3.98. The van der Waals surface area contributed by atoms with Crippen molar-refractivity contribution in [1.82, 2.24) is 4.90 Å². The van der Waals surface area contributed by atoms with Gasteiger partial charge in [-0.15, -0.1) is 0 Å². The summed E-state index contributed by atoms with van der Waals surface area (Å²) in [4.78, 5) is 30.4. The van der Waals surface area contributed by atoms with Gasteiger partial charge in [0.15, 0.2) is 0 Å². The molecule has 2 aliphatic heterocycles. The minimum atomic E-state index is -0.440. The fourth-order valence-corrected chi connectivity index (χ4v) is 3.78. The summed E-state index contributed by atoms with van der Waals surface area (Å²) in [6.07, 6.45) is 0. The number of piperazine rings is 1. The molecule has 2 aromatic rings. The maximum Gasteiger partial charge on any atom is 0.283 e. The second-order valence-electron chi connectivity index (χ2n) is 6.55. The van der Waals surface area contributed by atoms with Gasteiger partial charge in [-0.2, -0.15) is 0 Å². The highest BCUT2D eigenvalue weighted by atomic mass is 35.5. The van der Waals surface area contributed by atoms with Crippen molar-refractivity contribution in [2.45, 2.75) is 0 Å². The van der Waals surface area contributed by atoms with Crippen molar-refractivity contribution in [3.63, 3.8) is 0 Å². The highest BCUT2D eigenvalue weighted by molar-refractivity contribution is 6.53. The number of nitrogens with zero attached hydrogens (tertiary/aromatic N) is 2. The van der Waals surface area contributed by atoms with Crippen molar-refractivity contribution < 1.29 is 14.5 Å². The van der Waals surface area contributed by atoms with Crippen LogP contribution in [0.25, 0.3) is 10.8 Å². The Bertz CT molecular complexity index is 895. The van der Waals surface area contributed by atoms with Gasteiger partial charge in [0, 0.05) is 5.39 Å². The lowest BCUT2D eigenvalue weighted by atomic mass is 10.1. The average molecular weight is 357 g/mol. The van der Waals surface area contributed by atoms with Gasteiger partial charge >= 0.3 is 0 Å². The first-order chi connectivity index (χ1) is 12.1. The third-order valence-electron chi connectivity index (χ3n) is 4.95. The van der Waals surface area contributed by atoms with Crippen molar-refractivity contribution in [2.75, 3.05) is 38.1 Å². The van der Waals surface area contributed by atoms with E-state index < -0.39 is 5.91 Å². The molecule has 0 spiro atoms. The van der Waals surface area contributed by atoms with Crippen molar-refractivity contribution in [3.8, 4) is 0 Å². The van der Waals surface area contributed by atoms with E-state index in [2.05, 4.69) is 7.05 Å². The van der Waals surface area contributed by atoms with Gasteiger partial charge in [0.05, 0.1) is 38.9 Å². The van der Waals surface area contributed by atoms with Gasteiger partial charge in [0.25, 0.3) is 11.8 Å². The summed E-state index contributed by atoms with van der Waals surface area (Å²) in [7, 11) is 2.12. The van der Waals surface area contributed by atoms with Crippen molar-refractivity contribution >= 4 is 39.9 Å². The standard InChI is InChI=1S/C19H18ClN3O2/c1-21-9-11-22(12-10-21)17-16(20)18(24)23(19(17)25)15-8-4-6-13-5-2-3-7-14(13)15/h2-8H,9-12H2,1H3/p+1. The topological polar surface area (TPSA) is 45.1 Å². The van der Waals surface area contributed by atoms with E-state index in [0.29, 0.717) is 11.4 Å². The third-order valence-corrected chi connectivity index (χ3v) is 5.29. The molecule has 0 aliphatic carbocycles. The first-order valence-electron chi connectivity index (χ1n) is 8.40. The number of fused-ring (bicyclic) bond motifs is 1. The molecular formula is C19H19ClN3O2+. The molecule has 6 heteroatoms. The summed E-state index contributed by atoms with van der Waals surface area (Å²) in [5.74, 6) is -0.768. The van der Waals surface area contributed by atoms with Crippen LogP contribution >= 0.6 is 11.6 Å². The van der Waals surface area contributed by atoms with Crippen molar-refractivity contribution in [1.29, 1.82) is 0 Å². The fourth-order valence-electron chi connectivity index (χ4n) is 3.50. The molecular weight excluding hydrogens is 338 g/mol. The van der Waals surface area contributed by atoms with E-state index in [9.17, 15) is 9.59 Å². The smallest absolute Gasteiger partial charge is 0.283 e. The highest BCUT2D eigenvalue weighted by Gasteiger charge is 2.42. The number of hydrogen-bond acceptors (Lipinski definition) is 3. The molecule has 0 bridgehead atoms. The number of nitrogens with one attached hydrogen (secondary N) is 1. The first-order valence-corrected chi connectivity index (χ1v) is 8.78. The molecule has 2 amide bonds. The molecule has 1 fully saturated rings. The molecule has 2 aromatic carbocycles. The largest absolute Gasteiger partial charge is 0.354 e. The summed E-state index contributed by atoms with van der Waals surface area (Å²) in [5, 5.41) is 1.87. The van der Waals surface area contributed by atoms with Crippen LogP contribution in [0, 0.1) is 0 Å². The molecule has 0 saturated carbocycles. The van der Waals surface area contributed by atoms with Gasteiger partial charge in [-0.3, -0.25) is 9.59 Å². The van der Waals surface area contributed by atoms with Crippen LogP contribution in [0.15, 0.2) is 53.2 Å². The van der Waals surface area contributed by atoms with Gasteiger partial charge in [-0.05, 0) is 11.5 Å². The second kappa shape index (κ2) is 6.17. The van der Waals surface area contributed by atoms with Crippen LogP contribution in [0.1, 0.15) is 0 Å². The number of likely N-dealkylation sites (N-methyl/N-ethyl adjacent to an activating group) is 1. The van der Waals surface area contributed by atoms with E-state index in [1.165, 1.54) is 9.80 Å². The summed E-state index contributed by atoms with van der Waals surface area (Å²) >= 11 is 6.31. The minimum Gasteiger partial charge on any atom is -0.354 e. The van der Waals surface area contributed by atoms with Gasteiger partial charge in [-0.25, -0.2) is 4.90 Å². The monoisotopic (exact) mass is 356 g/mol.